The summed E-state index contributed by atoms with van der Waals surface area (Å²) < 4.78 is 6.83. The Morgan fingerprint density at radius 1 is 1.47 bits per heavy atom. The lowest BCUT2D eigenvalue weighted by atomic mass is 9.92. The van der Waals surface area contributed by atoms with Gasteiger partial charge in [0, 0.05) is 24.0 Å². The van der Waals surface area contributed by atoms with Gasteiger partial charge in [-0.3, -0.25) is 13.9 Å². The molecule has 2 rings (SSSR count). The summed E-state index contributed by atoms with van der Waals surface area (Å²) in [5.41, 5.74) is 1.36. The topological polar surface area (TPSA) is 46.6 Å². The highest BCUT2D eigenvalue weighted by Crippen LogP contribution is 2.43. The van der Waals surface area contributed by atoms with Crippen molar-refractivity contribution in [3.05, 3.63) is 34.3 Å². The highest BCUT2D eigenvalue weighted by Gasteiger charge is 2.49. The lowest BCUT2D eigenvalue weighted by molar-refractivity contribution is -0.158. The molecule has 4 nitrogen and oxygen atoms in total. The van der Waals surface area contributed by atoms with Gasteiger partial charge in [0.1, 0.15) is 6.04 Å². The molecule has 1 fully saturated rings. The first-order chi connectivity index (χ1) is 9.01. The lowest BCUT2D eigenvalue weighted by Crippen LogP contribution is -2.56. The molecule has 0 radical (unpaired) electrons. The smallest absolute Gasteiger partial charge is 0.264 e. The maximum absolute atomic E-state index is 11.8. The van der Waals surface area contributed by atoms with Gasteiger partial charge >= 0.3 is 0 Å². The monoisotopic (exact) mass is 299 g/mol. The maximum Gasteiger partial charge on any atom is 0.264 e. The van der Waals surface area contributed by atoms with Crippen molar-refractivity contribution in [3.8, 4) is 0 Å². The zero-order chi connectivity index (χ0) is 14.2. The first kappa shape index (κ1) is 14.4. The molecule has 0 spiro atoms. The van der Waals surface area contributed by atoms with E-state index in [4.69, 9.17) is 16.3 Å². The van der Waals surface area contributed by atoms with Crippen LogP contribution in [0.3, 0.4) is 0 Å². The molecular weight excluding hydrogens is 286 g/mol. The van der Waals surface area contributed by atoms with Gasteiger partial charge in [0.25, 0.3) is 5.91 Å². The van der Waals surface area contributed by atoms with Crippen LogP contribution in [0.4, 0.5) is 0 Å². The average molecular weight is 300 g/mol. The van der Waals surface area contributed by atoms with Crippen LogP contribution in [0.1, 0.15) is 28.9 Å². The summed E-state index contributed by atoms with van der Waals surface area (Å²) in [6.07, 6.45) is 1.32. The molecule has 1 amide bonds. The molecule has 0 aliphatic carbocycles. The number of nitrogens with zero attached hydrogens (tertiary/aromatic N) is 1. The van der Waals surface area contributed by atoms with Crippen molar-refractivity contribution in [1.29, 1.82) is 0 Å². The fourth-order valence-corrected chi connectivity index (χ4v) is 3.17. The van der Waals surface area contributed by atoms with Gasteiger partial charge in [-0.1, -0.05) is 35.7 Å². The number of ketones is 1. The van der Waals surface area contributed by atoms with Crippen molar-refractivity contribution >= 4 is 35.2 Å². The van der Waals surface area contributed by atoms with Crippen molar-refractivity contribution in [2.75, 3.05) is 13.4 Å². The minimum absolute atomic E-state index is 0.0387. The van der Waals surface area contributed by atoms with Crippen molar-refractivity contribution in [2.45, 2.75) is 19.1 Å². The molecule has 0 saturated carbocycles. The number of Topliss-reactive ketones (excluding diaryl/α,β-unsaturated/α-hetero) is 1. The van der Waals surface area contributed by atoms with Crippen LogP contribution in [0.25, 0.3) is 0 Å². The molecule has 19 heavy (non-hydrogen) atoms. The third kappa shape index (κ3) is 2.38. The standard InChI is InChI=1S/C13H14ClNO3S/c1-7(16)8-4-5-9(10(14)6-8)11-12(18-2)13(17)15(11)19-3/h4-6,11-12H,1-3H3. The molecule has 1 saturated heterocycles. The van der Waals surface area contributed by atoms with Crippen LogP contribution in [0.5, 0.6) is 0 Å². The summed E-state index contributed by atoms with van der Waals surface area (Å²) >= 11 is 7.56. The van der Waals surface area contributed by atoms with Crippen LogP contribution >= 0.6 is 23.5 Å². The highest BCUT2D eigenvalue weighted by molar-refractivity contribution is 7.96. The summed E-state index contributed by atoms with van der Waals surface area (Å²) in [5, 5.41) is 0.478. The second-order valence-electron chi connectivity index (χ2n) is 4.24. The summed E-state index contributed by atoms with van der Waals surface area (Å²) in [4.78, 5) is 23.1. The second kappa shape index (κ2) is 5.53. The van der Waals surface area contributed by atoms with Crippen molar-refractivity contribution in [3.63, 3.8) is 0 Å². The van der Waals surface area contributed by atoms with E-state index in [9.17, 15) is 9.59 Å². The second-order valence-corrected chi connectivity index (χ2v) is 5.41. The summed E-state index contributed by atoms with van der Waals surface area (Å²) in [6.45, 7) is 1.49. The molecule has 1 aliphatic heterocycles. The fourth-order valence-electron chi connectivity index (χ4n) is 2.15. The Morgan fingerprint density at radius 3 is 2.63 bits per heavy atom. The Morgan fingerprint density at radius 2 is 2.16 bits per heavy atom. The fraction of sp³-hybridized carbons (Fsp3) is 0.385. The molecule has 2 atom stereocenters. The molecule has 6 heteroatoms. The molecule has 0 bridgehead atoms. The van der Waals surface area contributed by atoms with E-state index in [1.807, 2.05) is 6.26 Å². The number of ether oxygens (including phenoxy) is 1. The average Bonchev–Trinajstić information content (AvgIpc) is 2.37. The molecule has 2 unspecified atom stereocenters. The van der Waals surface area contributed by atoms with Gasteiger partial charge in [-0.05, 0) is 18.6 Å². The van der Waals surface area contributed by atoms with Crippen molar-refractivity contribution in [2.24, 2.45) is 0 Å². The normalized spacial score (nSPS) is 22.3. The third-order valence-electron chi connectivity index (χ3n) is 3.18. The van der Waals surface area contributed by atoms with Crippen molar-refractivity contribution < 1.29 is 14.3 Å². The minimum Gasteiger partial charge on any atom is -0.369 e. The van der Waals surface area contributed by atoms with Gasteiger partial charge in [0.2, 0.25) is 0 Å². The van der Waals surface area contributed by atoms with Gasteiger partial charge < -0.3 is 4.74 Å². The van der Waals surface area contributed by atoms with Crippen LogP contribution < -0.4 is 0 Å². The first-order valence-corrected chi connectivity index (χ1v) is 7.27. The van der Waals surface area contributed by atoms with Gasteiger partial charge in [0.15, 0.2) is 11.9 Å². The van der Waals surface area contributed by atoms with Crippen LogP contribution in [0.15, 0.2) is 18.2 Å². The number of amides is 1. The number of benzene rings is 1. The zero-order valence-corrected chi connectivity index (χ0v) is 12.4. The van der Waals surface area contributed by atoms with Gasteiger partial charge in [-0.25, -0.2) is 0 Å². The van der Waals surface area contributed by atoms with Gasteiger partial charge in [-0.15, -0.1) is 0 Å². The number of β-lactam (4-membered cyclic amide) rings is 1. The molecule has 1 aromatic rings. The lowest BCUT2D eigenvalue weighted by Gasteiger charge is -2.44. The quantitative estimate of drug-likeness (QED) is 0.487. The van der Waals surface area contributed by atoms with E-state index in [-0.39, 0.29) is 17.7 Å². The molecule has 1 aliphatic rings. The van der Waals surface area contributed by atoms with E-state index in [1.165, 1.54) is 26.0 Å². The number of methoxy groups -OCH3 is 1. The Bertz CT molecular complexity index is 521. The highest BCUT2D eigenvalue weighted by atomic mass is 35.5. The predicted molar refractivity (Wildman–Crippen MR) is 75.4 cm³/mol. The number of carbonyl (C=O) groups excluding carboxylic acids is 2. The number of hydrogen-bond donors (Lipinski definition) is 0. The Labute approximate surface area is 121 Å². The van der Waals surface area contributed by atoms with Crippen LogP contribution in [-0.4, -0.2) is 35.5 Å². The molecule has 1 heterocycles. The Hall–Kier alpha value is -1.04. The molecule has 0 aromatic heterocycles. The van der Waals surface area contributed by atoms with E-state index >= 15 is 0 Å². The van der Waals surface area contributed by atoms with E-state index in [0.29, 0.717) is 10.6 Å². The van der Waals surface area contributed by atoms with Crippen LogP contribution in [0, 0.1) is 0 Å². The number of rotatable bonds is 4. The van der Waals surface area contributed by atoms with Crippen molar-refractivity contribution in [1.82, 2.24) is 4.31 Å². The molecule has 1 aromatic carbocycles. The maximum atomic E-state index is 11.8. The minimum atomic E-state index is -0.506. The zero-order valence-electron chi connectivity index (χ0n) is 10.8. The van der Waals surface area contributed by atoms with E-state index in [2.05, 4.69) is 0 Å². The number of hydrogen-bond acceptors (Lipinski definition) is 4. The Balaban J connectivity index is 2.36. The predicted octanol–water partition coefficient (Wildman–Crippen LogP) is 2.72. The van der Waals surface area contributed by atoms with Crippen LogP contribution in [-0.2, 0) is 9.53 Å². The van der Waals surface area contributed by atoms with Gasteiger partial charge in [0.05, 0.1) is 0 Å². The SMILES string of the molecule is COC1C(=O)N(SC)C1c1ccc(C(C)=O)cc1Cl. The largest absolute Gasteiger partial charge is 0.369 e. The number of carbonyl (C=O) groups is 2. The molecule has 102 valence electrons. The molecule has 0 N–H and O–H groups in total. The van der Waals surface area contributed by atoms with Crippen LogP contribution in [0.2, 0.25) is 5.02 Å². The summed E-state index contributed by atoms with van der Waals surface area (Å²) in [7, 11) is 1.51. The summed E-state index contributed by atoms with van der Waals surface area (Å²) in [6, 6.07) is 4.93. The van der Waals surface area contributed by atoms with Gasteiger partial charge in [-0.2, -0.15) is 0 Å². The van der Waals surface area contributed by atoms with E-state index < -0.39 is 6.10 Å². The Kier molecular flexibility index (Phi) is 4.18. The first-order valence-electron chi connectivity index (χ1n) is 5.71. The summed E-state index contributed by atoms with van der Waals surface area (Å²) in [5.74, 6) is -0.102. The number of halogens is 1. The third-order valence-corrected chi connectivity index (χ3v) is 4.30. The van der Waals surface area contributed by atoms with E-state index in [1.54, 1.807) is 22.5 Å². The molecular formula is C13H14ClNO3S. The van der Waals surface area contributed by atoms with E-state index in [0.717, 1.165) is 5.56 Å².